The van der Waals surface area contributed by atoms with Crippen molar-refractivity contribution in [2.45, 2.75) is 44.7 Å². The minimum atomic E-state index is -3.34. The number of rotatable bonds is 5. The van der Waals surface area contributed by atoms with Crippen molar-refractivity contribution in [1.82, 2.24) is 24.2 Å². The molecule has 8 nitrogen and oxygen atoms in total. The van der Waals surface area contributed by atoms with Crippen LogP contribution in [0.15, 0.2) is 24.5 Å². The van der Waals surface area contributed by atoms with Crippen molar-refractivity contribution in [2.75, 3.05) is 6.26 Å². The van der Waals surface area contributed by atoms with Crippen LogP contribution in [0.3, 0.4) is 0 Å². The SMILES string of the molecule is CS(=O)(=O)NCc1nc2cnc3cccnc3c2n1C1CCC(CC#N)CC1. The molecule has 1 saturated carbocycles. The van der Waals surface area contributed by atoms with Crippen LogP contribution in [0, 0.1) is 17.2 Å². The highest BCUT2D eigenvalue weighted by molar-refractivity contribution is 7.88. The van der Waals surface area contributed by atoms with E-state index in [9.17, 15) is 8.42 Å². The maximum Gasteiger partial charge on any atom is 0.209 e. The molecule has 3 heterocycles. The van der Waals surface area contributed by atoms with E-state index in [4.69, 9.17) is 5.26 Å². The highest BCUT2D eigenvalue weighted by Gasteiger charge is 2.27. The fourth-order valence-corrected chi connectivity index (χ4v) is 4.48. The predicted octanol–water partition coefficient (Wildman–Crippen LogP) is 2.67. The zero-order valence-electron chi connectivity index (χ0n) is 15.7. The Kier molecular flexibility index (Phi) is 5.00. The molecule has 0 spiro atoms. The summed E-state index contributed by atoms with van der Waals surface area (Å²) in [5.41, 5.74) is 3.18. The van der Waals surface area contributed by atoms with Crippen LogP contribution in [0.25, 0.3) is 22.1 Å². The normalized spacial score (nSPS) is 20.4. The monoisotopic (exact) mass is 398 g/mol. The number of nitrogens with one attached hydrogen (secondary N) is 1. The first-order valence-corrected chi connectivity index (χ1v) is 11.3. The molecule has 28 heavy (non-hydrogen) atoms. The number of nitriles is 1. The number of nitrogens with zero attached hydrogens (tertiary/aromatic N) is 5. The molecule has 9 heteroatoms. The number of sulfonamides is 1. The van der Waals surface area contributed by atoms with Crippen molar-refractivity contribution < 1.29 is 8.42 Å². The van der Waals surface area contributed by atoms with Crippen LogP contribution in [0.2, 0.25) is 0 Å². The second-order valence-corrected chi connectivity index (χ2v) is 9.22. The standard InChI is InChI=1S/C19H22N6O2S/c1-28(26,27)23-12-17-24-16-11-22-15-3-2-10-21-18(15)19(16)25(17)14-6-4-13(5-7-14)8-9-20/h2-3,10-11,13-14,23H,4-8,12H2,1H3. The van der Waals surface area contributed by atoms with E-state index in [0.29, 0.717) is 18.2 Å². The van der Waals surface area contributed by atoms with E-state index in [2.05, 4.69) is 30.3 Å². The third-order valence-corrected chi connectivity index (χ3v) is 6.07. The minimum absolute atomic E-state index is 0.125. The Morgan fingerprint density at radius 2 is 2.04 bits per heavy atom. The van der Waals surface area contributed by atoms with Crippen LogP contribution >= 0.6 is 0 Å². The smallest absolute Gasteiger partial charge is 0.209 e. The molecule has 3 aromatic rings. The summed E-state index contributed by atoms with van der Waals surface area (Å²) in [6.07, 6.45) is 9.02. The molecule has 0 atom stereocenters. The minimum Gasteiger partial charge on any atom is -0.322 e. The van der Waals surface area contributed by atoms with Gasteiger partial charge in [-0.3, -0.25) is 9.97 Å². The maximum absolute atomic E-state index is 11.6. The molecule has 1 fully saturated rings. The number of imidazole rings is 1. The third kappa shape index (κ3) is 3.70. The number of aromatic nitrogens is 4. The second kappa shape index (κ2) is 7.45. The number of pyridine rings is 2. The zero-order valence-corrected chi connectivity index (χ0v) is 16.5. The van der Waals surface area contributed by atoms with Gasteiger partial charge in [0.2, 0.25) is 10.0 Å². The van der Waals surface area contributed by atoms with Gasteiger partial charge in [-0.1, -0.05) is 0 Å². The van der Waals surface area contributed by atoms with E-state index in [-0.39, 0.29) is 12.6 Å². The van der Waals surface area contributed by atoms with Crippen LogP contribution in [-0.2, 0) is 16.6 Å². The van der Waals surface area contributed by atoms with Crippen molar-refractivity contribution in [3.8, 4) is 6.07 Å². The quantitative estimate of drug-likeness (QED) is 0.707. The van der Waals surface area contributed by atoms with Gasteiger partial charge in [0.05, 0.1) is 36.1 Å². The van der Waals surface area contributed by atoms with E-state index in [1.807, 2.05) is 12.1 Å². The van der Waals surface area contributed by atoms with E-state index < -0.39 is 10.0 Å². The average Bonchev–Trinajstić information content (AvgIpc) is 3.06. The van der Waals surface area contributed by atoms with Crippen LogP contribution in [0.5, 0.6) is 0 Å². The molecule has 3 aromatic heterocycles. The number of hydrogen-bond donors (Lipinski definition) is 1. The lowest BCUT2D eigenvalue weighted by Crippen LogP contribution is -2.26. The highest BCUT2D eigenvalue weighted by Crippen LogP contribution is 2.37. The zero-order chi connectivity index (χ0) is 19.7. The molecule has 0 bridgehead atoms. The number of fused-ring (bicyclic) bond motifs is 3. The first-order valence-electron chi connectivity index (χ1n) is 9.38. The Balaban J connectivity index is 1.81. The summed E-state index contributed by atoms with van der Waals surface area (Å²) in [6.45, 7) is 0.125. The predicted molar refractivity (Wildman–Crippen MR) is 106 cm³/mol. The van der Waals surface area contributed by atoms with Gasteiger partial charge in [-0.2, -0.15) is 5.26 Å². The molecule has 0 unspecified atom stereocenters. The van der Waals surface area contributed by atoms with E-state index in [1.165, 1.54) is 0 Å². The molecule has 0 amide bonds. The molecule has 146 valence electrons. The van der Waals surface area contributed by atoms with Gasteiger partial charge in [0, 0.05) is 18.7 Å². The van der Waals surface area contributed by atoms with Gasteiger partial charge in [-0.15, -0.1) is 0 Å². The molecule has 1 aliphatic carbocycles. The summed E-state index contributed by atoms with van der Waals surface area (Å²) < 4.78 is 28.0. The van der Waals surface area contributed by atoms with Crippen molar-refractivity contribution in [3.05, 3.63) is 30.4 Å². The van der Waals surface area contributed by atoms with Crippen LogP contribution in [0.1, 0.15) is 44.0 Å². The van der Waals surface area contributed by atoms with Gasteiger partial charge in [-0.05, 0) is 43.7 Å². The molecule has 0 saturated heterocycles. The topological polar surface area (TPSA) is 114 Å². The molecule has 0 radical (unpaired) electrons. The molecule has 4 rings (SSSR count). The van der Waals surface area contributed by atoms with Gasteiger partial charge in [0.1, 0.15) is 16.9 Å². The summed E-state index contributed by atoms with van der Waals surface area (Å²) >= 11 is 0. The maximum atomic E-state index is 11.6. The molecule has 1 N–H and O–H groups in total. The van der Waals surface area contributed by atoms with Crippen molar-refractivity contribution in [1.29, 1.82) is 5.26 Å². The van der Waals surface area contributed by atoms with Gasteiger partial charge in [0.15, 0.2) is 0 Å². The van der Waals surface area contributed by atoms with E-state index >= 15 is 0 Å². The second-order valence-electron chi connectivity index (χ2n) is 7.39. The van der Waals surface area contributed by atoms with Crippen LogP contribution < -0.4 is 4.72 Å². The fraction of sp³-hybridized carbons (Fsp3) is 0.474. The average molecular weight is 398 g/mol. The summed E-state index contributed by atoms with van der Waals surface area (Å²) in [5, 5.41) is 8.97. The lowest BCUT2D eigenvalue weighted by atomic mass is 9.84. The van der Waals surface area contributed by atoms with Crippen LogP contribution in [-0.4, -0.2) is 34.2 Å². The van der Waals surface area contributed by atoms with E-state index in [1.54, 1.807) is 12.4 Å². The van der Waals surface area contributed by atoms with Crippen molar-refractivity contribution in [3.63, 3.8) is 0 Å². The van der Waals surface area contributed by atoms with Gasteiger partial charge in [-0.25, -0.2) is 18.1 Å². The third-order valence-electron chi connectivity index (χ3n) is 5.40. The molecule has 1 aliphatic rings. The first kappa shape index (κ1) is 18.8. The Hall–Kier alpha value is -2.57. The summed E-state index contributed by atoms with van der Waals surface area (Å²) in [4.78, 5) is 13.6. The Morgan fingerprint density at radius 3 is 2.75 bits per heavy atom. The van der Waals surface area contributed by atoms with Gasteiger partial charge in [0.25, 0.3) is 0 Å². The Bertz CT molecular complexity index is 1160. The summed E-state index contributed by atoms with van der Waals surface area (Å²) in [5.74, 6) is 1.11. The molecular weight excluding hydrogens is 376 g/mol. The lowest BCUT2D eigenvalue weighted by molar-refractivity contribution is 0.277. The molecule has 0 aliphatic heterocycles. The molecular formula is C19H22N6O2S. The summed E-state index contributed by atoms with van der Waals surface area (Å²) in [6, 6.07) is 6.24. The van der Waals surface area contributed by atoms with Crippen molar-refractivity contribution in [2.24, 2.45) is 5.92 Å². The fourth-order valence-electron chi connectivity index (χ4n) is 4.09. The largest absolute Gasteiger partial charge is 0.322 e. The Labute approximate surface area is 163 Å². The Morgan fingerprint density at radius 1 is 1.25 bits per heavy atom. The van der Waals surface area contributed by atoms with Gasteiger partial charge < -0.3 is 4.57 Å². The van der Waals surface area contributed by atoms with E-state index in [0.717, 1.165) is 54.0 Å². The first-order chi connectivity index (χ1) is 13.5. The summed E-state index contributed by atoms with van der Waals surface area (Å²) in [7, 11) is -3.34. The lowest BCUT2D eigenvalue weighted by Gasteiger charge is -2.30. The van der Waals surface area contributed by atoms with Crippen molar-refractivity contribution >= 4 is 32.1 Å². The van der Waals surface area contributed by atoms with Crippen LogP contribution in [0.4, 0.5) is 0 Å². The van der Waals surface area contributed by atoms with Gasteiger partial charge >= 0.3 is 0 Å². The number of hydrogen-bond acceptors (Lipinski definition) is 6. The molecule has 0 aromatic carbocycles. The highest BCUT2D eigenvalue weighted by atomic mass is 32.2.